The van der Waals surface area contributed by atoms with Crippen molar-refractivity contribution in [2.24, 2.45) is 4.99 Å². The maximum absolute atomic E-state index is 5.49. The number of guanidine groups is 1. The summed E-state index contributed by atoms with van der Waals surface area (Å²) in [4.78, 5) is 4.28. The number of nitrogens with zero attached hydrogens (tertiary/aromatic N) is 4. The summed E-state index contributed by atoms with van der Waals surface area (Å²) in [6.07, 6.45) is 5.17. The first kappa shape index (κ1) is 24.7. The van der Waals surface area contributed by atoms with Crippen LogP contribution in [0.4, 0.5) is 0 Å². The molecular weight excluding hydrogens is 483 g/mol. The highest BCUT2D eigenvalue weighted by Crippen LogP contribution is 2.33. The number of halogens is 1. The molecule has 0 amide bonds. The molecule has 0 aliphatic rings. The minimum Gasteiger partial charge on any atom is -0.493 e. The van der Waals surface area contributed by atoms with E-state index >= 15 is 0 Å². The first-order valence-electron chi connectivity index (χ1n) is 9.32. The highest BCUT2D eigenvalue weighted by Gasteiger charge is 2.12. The minimum absolute atomic E-state index is 0. The van der Waals surface area contributed by atoms with Gasteiger partial charge in [-0.15, -0.1) is 40.8 Å². The SMILES string of the molecule is C=CCc1cc(CNC(=NC)NCCn2cnnc2CC)cc(OC)c1OC.I. The van der Waals surface area contributed by atoms with Gasteiger partial charge in [-0.3, -0.25) is 4.99 Å². The van der Waals surface area contributed by atoms with Crippen molar-refractivity contribution in [3.8, 4) is 11.5 Å². The fourth-order valence-electron chi connectivity index (χ4n) is 2.96. The quantitative estimate of drug-likeness (QED) is 0.220. The third-order valence-electron chi connectivity index (χ3n) is 4.32. The summed E-state index contributed by atoms with van der Waals surface area (Å²) >= 11 is 0. The number of allylic oxidation sites excluding steroid dienone is 1. The Morgan fingerprint density at radius 3 is 2.69 bits per heavy atom. The van der Waals surface area contributed by atoms with E-state index in [1.165, 1.54) is 0 Å². The number of methoxy groups -OCH3 is 2. The number of hydrogen-bond acceptors (Lipinski definition) is 5. The molecule has 0 aliphatic carbocycles. The first-order chi connectivity index (χ1) is 13.7. The minimum atomic E-state index is 0. The average molecular weight is 514 g/mol. The molecular formula is C20H31IN6O2. The van der Waals surface area contributed by atoms with Gasteiger partial charge in [0.15, 0.2) is 17.5 Å². The number of aromatic nitrogens is 3. The Morgan fingerprint density at radius 1 is 1.28 bits per heavy atom. The number of hydrogen-bond donors (Lipinski definition) is 2. The molecule has 0 atom stereocenters. The van der Waals surface area contributed by atoms with Crippen LogP contribution >= 0.6 is 24.0 Å². The molecule has 0 fully saturated rings. The highest BCUT2D eigenvalue weighted by atomic mass is 127. The normalized spacial score (nSPS) is 10.8. The second-order valence-electron chi connectivity index (χ2n) is 6.13. The average Bonchev–Trinajstić information content (AvgIpc) is 3.17. The third kappa shape index (κ3) is 6.91. The van der Waals surface area contributed by atoms with Crippen molar-refractivity contribution < 1.29 is 9.47 Å². The largest absolute Gasteiger partial charge is 0.493 e. The van der Waals surface area contributed by atoms with E-state index in [2.05, 4.69) is 45.4 Å². The van der Waals surface area contributed by atoms with Gasteiger partial charge in [0.2, 0.25) is 0 Å². The first-order valence-corrected chi connectivity index (χ1v) is 9.32. The molecule has 8 nitrogen and oxygen atoms in total. The van der Waals surface area contributed by atoms with Gasteiger partial charge in [-0.1, -0.05) is 13.0 Å². The Balaban J connectivity index is 0.00000420. The van der Waals surface area contributed by atoms with E-state index in [-0.39, 0.29) is 24.0 Å². The maximum Gasteiger partial charge on any atom is 0.191 e. The Morgan fingerprint density at radius 2 is 2.07 bits per heavy atom. The molecule has 0 aliphatic heterocycles. The monoisotopic (exact) mass is 514 g/mol. The van der Waals surface area contributed by atoms with E-state index < -0.39 is 0 Å². The molecule has 1 aromatic carbocycles. The molecule has 2 rings (SSSR count). The number of nitrogens with one attached hydrogen (secondary N) is 2. The fraction of sp³-hybridized carbons (Fsp3) is 0.450. The summed E-state index contributed by atoms with van der Waals surface area (Å²) in [5.41, 5.74) is 2.11. The molecule has 9 heteroatoms. The van der Waals surface area contributed by atoms with Crippen molar-refractivity contribution in [3.63, 3.8) is 0 Å². The number of benzene rings is 1. The lowest BCUT2D eigenvalue weighted by Crippen LogP contribution is -2.38. The summed E-state index contributed by atoms with van der Waals surface area (Å²) in [6.45, 7) is 7.99. The van der Waals surface area contributed by atoms with Crippen LogP contribution in [0.5, 0.6) is 11.5 Å². The van der Waals surface area contributed by atoms with E-state index in [1.807, 2.05) is 16.7 Å². The molecule has 2 N–H and O–H groups in total. The Bertz CT molecular complexity index is 806. The van der Waals surface area contributed by atoms with E-state index in [0.717, 1.165) is 48.2 Å². The molecule has 0 bridgehead atoms. The van der Waals surface area contributed by atoms with Crippen LogP contribution in [-0.2, 0) is 25.9 Å². The van der Waals surface area contributed by atoms with Crippen molar-refractivity contribution in [1.82, 2.24) is 25.4 Å². The zero-order valence-corrected chi connectivity index (χ0v) is 19.9. The number of ether oxygens (including phenoxy) is 2. The summed E-state index contributed by atoms with van der Waals surface area (Å²) < 4.78 is 13.0. The van der Waals surface area contributed by atoms with Gasteiger partial charge in [0.05, 0.1) is 14.2 Å². The molecule has 1 aromatic heterocycles. The Kier molecular flexibility index (Phi) is 11.1. The van der Waals surface area contributed by atoms with E-state index in [0.29, 0.717) is 18.7 Å². The van der Waals surface area contributed by atoms with Crippen LogP contribution in [0.1, 0.15) is 23.9 Å². The van der Waals surface area contributed by atoms with E-state index in [1.54, 1.807) is 27.6 Å². The number of aliphatic imine (C=N–C) groups is 1. The highest BCUT2D eigenvalue weighted by molar-refractivity contribution is 14.0. The zero-order chi connectivity index (χ0) is 20.4. The van der Waals surface area contributed by atoms with Crippen LogP contribution in [-0.4, -0.2) is 48.5 Å². The van der Waals surface area contributed by atoms with Gasteiger partial charge < -0.3 is 24.7 Å². The predicted molar refractivity (Wildman–Crippen MR) is 126 cm³/mol. The summed E-state index contributed by atoms with van der Waals surface area (Å²) in [5, 5.41) is 14.7. The lowest BCUT2D eigenvalue weighted by atomic mass is 10.1. The molecule has 0 saturated heterocycles. The molecule has 160 valence electrons. The van der Waals surface area contributed by atoms with Gasteiger partial charge in [0, 0.05) is 38.7 Å². The Hall–Kier alpha value is -2.30. The molecule has 29 heavy (non-hydrogen) atoms. The van der Waals surface area contributed by atoms with Crippen LogP contribution in [0, 0.1) is 0 Å². The van der Waals surface area contributed by atoms with Crippen LogP contribution in [0.25, 0.3) is 0 Å². The Labute approximate surface area is 189 Å². The standard InChI is InChI=1S/C20H30N6O2.HI/c1-6-8-16-11-15(12-17(27-4)19(16)28-5)13-23-20(21-3)22-9-10-26-14-24-25-18(26)7-2;/h6,11-12,14H,1,7-10,13H2,2-5H3,(H2,21,22,23);1H. The number of aryl methyl sites for hydroxylation is 1. The second-order valence-corrected chi connectivity index (χ2v) is 6.13. The van der Waals surface area contributed by atoms with Crippen molar-refractivity contribution in [2.75, 3.05) is 27.8 Å². The smallest absolute Gasteiger partial charge is 0.191 e. The topological polar surface area (TPSA) is 85.6 Å². The number of rotatable bonds is 10. The van der Waals surface area contributed by atoms with E-state index in [4.69, 9.17) is 9.47 Å². The van der Waals surface area contributed by atoms with Crippen LogP contribution < -0.4 is 20.1 Å². The van der Waals surface area contributed by atoms with Crippen LogP contribution in [0.2, 0.25) is 0 Å². The molecule has 0 radical (unpaired) electrons. The molecule has 1 heterocycles. The summed E-state index contributed by atoms with van der Waals surface area (Å²) in [7, 11) is 5.04. The predicted octanol–water partition coefficient (Wildman–Crippen LogP) is 2.57. The van der Waals surface area contributed by atoms with Gasteiger partial charge in [-0.2, -0.15) is 0 Å². The lowest BCUT2D eigenvalue weighted by Gasteiger charge is -2.16. The molecule has 0 saturated carbocycles. The summed E-state index contributed by atoms with van der Waals surface area (Å²) in [6, 6.07) is 4.06. The van der Waals surface area contributed by atoms with Gasteiger partial charge >= 0.3 is 0 Å². The third-order valence-corrected chi connectivity index (χ3v) is 4.32. The maximum atomic E-state index is 5.49. The van der Waals surface area contributed by atoms with Crippen molar-refractivity contribution in [1.29, 1.82) is 0 Å². The van der Waals surface area contributed by atoms with Gasteiger partial charge in [0.25, 0.3) is 0 Å². The fourth-order valence-corrected chi connectivity index (χ4v) is 2.96. The van der Waals surface area contributed by atoms with E-state index in [9.17, 15) is 0 Å². The van der Waals surface area contributed by atoms with Gasteiger partial charge in [-0.25, -0.2) is 0 Å². The molecule has 0 spiro atoms. The van der Waals surface area contributed by atoms with Gasteiger partial charge in [0.1, 0.15) is 12.2 Å². The van der Waals surface area contributed by atoms with Crippen molar-refractivity contribution >= 4 is 29.9 Å². The molecule has 0 unspecified atom stereocenters. The molecule has 2 aromatic rings. The zero-order valence-electron chi connectivity index (χ0n) is 17.6. The van der Waals surface area contributed by atoms with Crippen molar-refractivity contribution in [3.05, 3.63) is 48.1 Å². The van der Waals surface area contributed by atoms with Gasteiger partial charge in [-0.05, 0) is 24.1 Å². The lowest BCUT2D eigenvalue weighted by molar-refractivity contribution is 0.352. The second kappa shape index (κ2) is 13.0. The van der Waals surface area contributed by atoms with Crippen molar-refractivity contribution in [2.45, 2.75) is 32.9 Å². The van der Waals surface area contributed by atoms with Crippen LogP contribution in [0.3, 0.4) is 0 Å². The van der Waals surface area contributed by atoms with Crippen LogP contribution in [0.15, 0.2) is 36.1 Å². The summed E-state index contributed by atoms with van der Waals surface area (Å²) in [5.74, 6) is 3.16.